The lowest BCUT2D eigenvalue weighted by Gasteiger charge is -2.04. The highest BCUT2D eigenvalue weighted by Gasteiger charge is 2.04. The largest absolute Gasteiger partial charge is 0.394 e. The zero-order chi connectivity index (χ0) is 12.8. The number of nitrogens with zero attached hydrogens (tertiary/aromatic N) is 1. The number of hydrogen-bond acceptors (Lipinski definition) is 3. The molecule has 0 amide bonds. The van der Waals surface area contributed by atoms with Crippen LogP contribution in [-0.4, -0.2) is 36.0 Å². The van der Waals surface area contributed by atoms with Crippen molar-refractivity contribution in [3.05, 3.63) is 36.0 Å². The van der Waals surface area contributed by atoms with Crippen LogP contribution in [0.3, 0.4) is 0 Å². The van der Waals surface area contributed by atoms with Crippen LogP contribution in [-0.2, 0) is 18.3 Å². The van der Waals surface area contributed by atoms with Crippen LogP contribution >= 0.6 is 0 Å². The third-order valence-corrected chi connectivity index (χ3v) is 2.95. The molecule has 2 N–H and O–H groups in total. The van der Waals surface area contributed by atoms with E-state index in [0.29, 0.717) is 13.2 Å². The van der Waals surface area contributed by atoms with Gasteiger partial charge in [0.05, 0.1) is 19.8 Å². The molecule has 2 aromatic rings. The standard InChI is InChI=1S/C14H20N2O2/c1-16-11-12(10-15-6-8-18-9-7-17)13-4-2-3-5-14(13)16/h2-5,11,15,17H,6-10H2,1H3. The molecule has 0 radical (unpaired) electrons. The van der Waals surface area contributed by atoms with E-state index >= 15 is 0 Å². The van der Waals surface area contributed by atoms with Gasteiger partial charge in [0.15, 0.2) is 0 Å². The molecule has 0 saturated heterocycles. The molecule has 0 atom stereocenters. The van der Waals surface area contributed by atoms with Gasteiger partial charge in [-0.1, -0.05) is 18.2 Å². The lowest BCUT2D eigenvalue weighted by Crippen LogP contribution is -2.19. The summed E-state index contributed by atoms with van der Waals surface area (Å²) >= 11 is 0. The summed E-state index contributed by atoms with van der Waals surface area (Å²) in [6.07, 6.45) is 2.16. The molecule has 18 heavy (non-hydrogen) atoms. The number of ether oxygens (including phenoxy) is 1. The fourth-order valence-electron chi connectivity index (χ4n) is 2.10. The van der Waals surface area contributed by atoms with E-state index in [2.05, 4.69) is 47.4 Å². The van der Waals surface area contributed by atoms with Gasteiger partial charge in [-0.25, -0.2) is 0 Å². The molecule has 4 heteroatoms. The van der Waals surface area contributed by atoms with E-state index in [1.807, 2.05) is 0 Å². The average Bonchev–Trinajstić information content (AvgIpc) is 2.71. The predicted octanol–water partition coefficient (Wildman–Crippen LogP) is 1.28. The summed E-state index contributed by atoms with van der Waals surface area (Å²) < 4.78 is 7.34. The van der Waals surface area contributed by atoms with E-state index in [-0.39, 0.29) is 6.61 Å². The molecule has 4 nitrogen and oxygen atoms in total. The summed E-state index contributed by atoms with van der Waals surface area (Å²) in [5, 5.41) is 13.2. The number of aryl methyl sites for hydroxylation is 1. The number of aromatic nitrogens is 1. The van der Waals surface area contributed by atoms with Crippen molar-refractivity contribution in [3.63, 3.8) is 0 Å². The highest BCUT2D eigenvalue weighted by atomic mass is 16.5. The molecular weight excluding hydrogens is 228 g/mol. The summed E-state index contributed by atoms with van der Waals surface area (Å²) in [5.41, 5.74) is 2.56. The van der Waals surface area contributed by atoms with Crippen molar-refractivity contribution in [1.29, 1.82) is 0 Å². The van der Waals surface area contributed by atoms with Gasteiger partial charge in [0.1, 0.15) is 0 Å². The summed E-state index contributed by atoms with van der Waals surface area (Å²) in [6, 6.07) is 8.40. The molecule has 0 aliphatic carbocycles. The second-order valence-corrected chi connectivity index (χ2v) is 4.30. The van der Waals surface area contributed by atoms with Crippen molar-refractivity contribution in [2.45, 2.75) is 6.54 Å². The number of benzene rings is 1. The minimum Gasteiger partial charge on any atom is -0.394 e. The third kappa shape index (κ3) is 3.10. The molecule has 0 spiro atoms. The zero-order valence-corrected chi connectivity index (χ0v) is 10.7. The van der Waals surface area contributed by atoms with Crippen LogP contribution in [0, 0.1) is 0 Å². The van der Waals surface area contributed by atoms with Gasteiger partial charge in [-0.3, -0.25) is 0 Å². The first kappa shape index (κ1) is 13.1. The molecule has 2 rings (SSSR count). The van der Waals surface area contributed by atoms with Gasteiger partial charge in [-0.2, -0.15) is 0 Å². The Bertz CT molecular complexity index is 493. The van der Waals surface area contributed by atoms with Crippen molar-refractivity contribution in [2.75, 3.05) is 26.4 Å². The molecule has 1 heterocycles. The van der Waals surface area contributed by atoms with Gasteiger partial charge in [-0.05, 0) is 11.6 Å². The Morgan fingerprint density at radius 1 is 1.28 bits per heavy atom. The zero-order valence-electron chi connectivity index (χ0n) is 10.7. The Morgan fingerprint density at radius 3 is 2.94 bits per heavy atom. The van der Waals surface area contributed by atoms with Crippen molar-refractivity contribution in [1.82, 2.24) is 9.88 Å². The molecule has 0 unspecified atom stereocenters. The number of para-hydroxylation sites is 1. The van der Waals surface area contributed by atoms with Gasteiger partial charge in [0, 0.05) is 37.2 Å². The number of nitrogens with one attached hydrogen (secondary N) is 1. The Morgan fingerprint density at radius 2 is 2.11 bits per heavy atom. The fraction of sp³-hybridized carbons (Fsp3) is 0.429. The summed E-state index contributed by atoms with van der Waals surface area (Å²) in [4.78, 5) is 0. The highest BCUT2D eigenvalue weighted by Crippen LogP contribution is 2.19. The average molecular weight is 248 g/mol. The lowest BCUT2D eigenvalue weighted by atomic mass is 10.2. The van der Waals surface area contributed by atoms with Crippen LogP contribution in [0.15, 0.2) is 30.5 Å². The highest BCUT2D eigenvalue weighted by molar-refractivity contribution is 5.83. The monoisotopic (exact) mass is 248 g/mol. The summed E-state index contributed by atoms with van der Waals surface area (Å²) in [5.74, 6) is 0. The Hall–Kier alpha value is -1.36. The first-order valence-electron chi connectivity index (χ1n) is 6.25. The van der Waals surface area contributed by atoms with Gasteiger partial charge >= 0.3 is 0 Å². The molecule has 1 aromatic carbocycles. The normalized spacial score (nSPS) is 11.2. The van der Waals surface area contributed by atoms with Crippen LogP contribution in [0.5, 0.6) is 0 Å². The van der Waals surface area contributed by atoms with Gasteiger partial charge in [-0.15, -0.1) is 0 Å². The second-order valence-electron chi connectivity index (χ2n) is 4.30. The lowest BCUT2D eigenvalue weighted by molar-refractivity contribution is 0.0938. The Balaban J connectivity index is 1.88. The van der Waals surface area contributed by atoms with E-state index in [4.69, 9.17) is 9.84 Å². The van der Waals surface area contributed by atoms with E-state index in [1.165, 1.54) is 16.5 Å². The molecule has 98 valence electrons. The second kappa shape index (κ2) is 6.54. The van der Waals surface area contributed by atoms with E-state index in [0.717, 1.165) is 13.1 Å². The topological polar surface area (TPSA) is 46.4 Å². The molecule has 0 aliphatic heterocycles. The van der Waals surface area contributed by atoms with Gasteiger partial charge in [0.25, 0.3) is 0 Å². The van der Waals surface area contributed by atoms with Crippen molar-refractivity contribution in [2.24, 2.45) is 7.05 Å². The number of aliphatic hydroxyl groups excluding tert-OH is 1. The third-order valence-electron chi connectivity index (χ3n) is 2.95. The maximum atomic E-state index is 8.57. The maximum absolute atomic E-state index is 8.57. The van der Waals surface area contributed by atoms with Crippen LogP contribution in [0.25, 0.3) is 10.9 Å². The predicted molar refractivity (Wildman–Crippen MR) is 72.5 cm³/mol. The molecular formula is C14H20N2O2. The number of rotatable bonds is 7. The molecule has 1 aromatic heterocycles. The van der Waals surface area contributed by atoms with E-state index in [1.54, 1.807) is 0 Å². The summed E-state index contributed by atoms with van der Waals surface area (Å²) in [7, 11) is 2.07. The SMILES string of the molecule is Cn1cc(CNCCOCCO)c2ccccc21. The Labute approximate surface area is 107 Å². The Kier molecular flexibility index (Phi) is 4.75. The first-order valence-corrected chi connectivity index (χ1v) is 6.25. The van der Waals surface area contributed by atoms with Crippen LogP contribution in [0.4, 0.5) is 0 Å². The quantitative estimate of drug-likeness (QED) is 0.726. The number of hydrogen-bond donors (Lipinski definition) is 2. The smallest absolute Gasteiger partial charge is 0.0698 e. The van der Waals surface area contributed by atoms with Gasteiger partial charge < -0.3 is 19.7 Å². The fourth-order valence-corrected chi connectivity index (χ4v) is 2.10. The minimum atomic E-state index is 0.0866. The molecule has 0 aliphatic rings. The van der Waals surface area contributed by atoms with Crippen LogP contribution < -0.4 is 5.32 Å². The number of aliphatic hydroxyl groups is 1. The van der Waals surface area contributed by atoms with Crippen LogP contribution in [0.1, 0.15) is 5.56 Å². The van der Waals surface area contributed by atoms with Crippen molar-refractivity contribution in [3.8, 4) is 0 Å². The van der Waals surface area contributed by atoms with Crippen LogP contribution in [0.2, 0.25) is 0 Å². The molecule has 0 bridgehead atoms. The minimum absolute atomic E-state index is 0.0866. The first-order chi connectivity index (χ1) is 8.83. The van der Waals surface area contributed by atoms with Gasteiger partial charge in [0.2, 0.25) is 0 Å². The van der Waals surface area contributed by atoms with E-state index < -0.39 is 0 Å². The molecule has 0 fully saturated rings. The number of fused-ring (bicyclic) bond motifs is 1. The molecule has 0 saturated carbocycles. The van der Waals surface area contributed by atoms with E-state index in [9.17, 15) is 0 Å². The van der Waals surface area contributed by atoms with Crippen molar-refractivity contribution < 1.29 is 9.84 Å². The van der Waals surface area contributed by atoms with Crippen molar-refractivity contribution >= 4 is 10.9 Å². The maximum Gasteiger partial charge on any atom is 0.0698 e. The summed E-state index contributed by atoms with van der Waals surface area (Å²) in [6.45, 7) is 2.76.